The first-order valence-corrected chi connectivity index (χ1v) is 6.92. The lowest BCUT2D eigenvalue weighted by Gasteiger charge is -2.11. The lowest BCUT2D eigenvalue weighted by molar-refractivity contribution is -0.274. The Hall–Kier alpha value is -3.09. The normalized spacial score (nSPS) is 11.3. The van der Waals surface area contributed by atoms with Crippen LogP contribution in [0.1, 0.15) is 0 Å². The molecular weight excluding hydrogens is 321 g/mol. The van der Waals surface area contributed by atoms with Crippen LogP contribution in [0.25, 0.3) is 16.8 Å². The van der Waals surface area contributed by atoms with Crippen molar-refractivity contribution in [2.45, 2.75) is 6.36 Å². The summed E-state index contributed by atoms with van der Waals surface area (Å²) in [6.07, 6.45) is 0.154. The summed E-state index contributed by atoms with van der Waals surface area (Å²) in [5.41, 5.74) is 1.72. The molecule has 0 amide bonds. The highest BCUT2D eigenvalue weighted by Gasteiger charge is 2.30. The smallest absolute Gasteiger partial charge is 0.406 e. The fourth-order valence-electron chi connectivity index (χ4n) is 2.20. The molecule has 0 unspecified atom stereocenters. The van der Waals surface area contributed by atoms with Crippen LogP contribution in [0.4, 0.5) is 13.2 Å². The third-order valence-corrected chi connectivity index (χ3v) is 3.25. The molecule has 7 heteroatoms. The summed E-state index contributed by atoms with van der Waals surface area (Å²) >= 11 is 0. The topological polar surface area (TPSA) is 44.1 Å². The highest BCUT2D eigenvalue weighted by Crippen LogP contribution is 2.24. The quantitative estimate of drug-likeness (QED) is 0.733. The second-order valence-electron chi connectivity index (χ2n) is 4.91. The van der Waals surface area contributed by atoms with Crippen molar-refractivity contribution in [3.8, 4) is 22.6 Å². The zero-order valence-electron chi connectivity index (χ0n) is 12.2. The molecule has 0 aliphatic rings. The first-order valence-electron chi connectivity index (χ1n) is 6.92. The molecular formula is C17H11F3N2O2. The molecule has 2 aromatic heterocycles. The van der Waals surface area contributed by atoms with Crippen molar-refractivity contribution in [2.75, 3.05) is 0 Å². The van der Waals surface area contributed by atoms with Gasteiger partial charge in [0.05, 0.1) is 0 Å². The van der Waals surface area contributed by atoms with E-state index in [9.17, 15) is 18.0 Å². The van der Waals surface area contributed by atoms with E-state index in [-0.39, 0.29) is 11.3 Å². The van der Waals surface area contributed by atoms with E-state index in [1.165, 1.54) is 22.8 Å². The summed E-state index contributed by atoms with van der Waals surface area (Å²) < 4.78 is 41.7. The summed E-state index contributed by atoms with van der Waals surface area (Å²) in [7, 11) is 0. The molecule has 0 spiro atoms. The van der Waals surface area contributed by atoms with E-state index in [1.807, 2.05) is 6.07 Å². The van der Waals surface area contributed by atoms with Crippen LogP contribution in [0.5, 0.6) is 5.75 Å². The number of hydrogen-bond donors (Lipinski definition) is 0. The number of benzene rings is 1. The summed E-state index contributed by atoms with van der Waals surface area (Å²) in [6, 6.07) is 11.8. The number of nitrogens with zero attached hydrogens (tertiary/aromatic N) is 2. The van der Waals surface area contributed by atoms with E-state index in [1.54, 1.807) is 30.7 Å². The van der Waals surface area contributed by atoms with Crippen LogP contribution in [0, 0.1) is 0 Å². The second-order valence-corrected chi connectivity index (χ2v) is 4.91. The first-order chi connectivity index (χ1) is 11.4. The van der Waals surface area contributed by atoms with E-state index in [0.717, 1.165) is 23.3 Å². The van der Waals surface area contributed by atoms with E-state index >= 15 is 0 Å². The largest absolute Gasteiger partial charge is 0.573 e. The number of hydrogen-bond acceptors (Lipinski definition) is 3. The average Bonchev–Trinajstić information content (AvgIpc) is 2.56. The number of alkyl halides is 3. The van der Waals surface area contributed by atoms with Crippen molar-refractivity contribution in [3.63, 3.8) is 0 Å². The van der Waals surface area contributed by atoms with Gasteiger partial charge in [-0.2, -0.15) is 0 Å². The van der Waals surface area contributed by atoms with Crippen LogP contribution in [0.2, 0.25) is 0 Å². The maximum absolute atomic E-state index is 12.2. The van der Waals surface area contributed by atoms with Crippen LogP contribution in [0.3, 0.4) is 0 Å². The highest BCUT2D eigenvalue weighted by atomic mass is 19.4. The van der Waals surface area contributed by atoms with Gasteiger partial charge in [-0.3, -0.25) is 14.3 Å². The monoisotopic (exact) mass is 332 g/mol. The summed E-state index contributed by atoms with van der Waals surface area (Å²) in [4.78, 5) is 16.1. The molecule has 0 saturated heterocycles. The zero-order chi connectivity index (χ0) is 17.2. The third-order valence-electron chi connectivity index (χ3n) is 3.25. The summed E-state index contributed by atoms with van der Waals surface area (Å²) in [6.45, 7) is 0. The fourth-order valence-corrected chi connectivity index (χ4v) is 2.20. The van der Waals surface area contributed by atoms with Crippen LogP contribution >= 0.6 is 0 Å². The van der Waals surface area contributed by atoms with E-state index in [4.69, 9.17) is 0 Å². The first kappa shape index (κ1) is 15.8. The van der Waals surface area contributed by atoms with Crippen LogP contribution in [0.15, 0.2) is 71.9 Å². The number of aromatic nitrogens is 2. The minimum Gasteiger partial charge on any atom is -0.406 e. The zero-order valence-corrected chi connectivity index (χ0v) is 12.2. The van der Waals surface area contributed by atoms with Gasteiger partial charge in [0, 0.05) is 41.5 Å². The summed E-state index contributed by atoms with van der Waals surface area (Å²) in [5, 5.41) is 0. The number of pyridine rings is 2. The molecule has 0 atom stereocenters. The molecule has 0 N–H and O–H groups in total. The van der Waals surface area contributed by atoms with Gasteiger partial charge in [0.25, 0.3) is 5.56 Å². The molecule has 3 rings (SSSR count). The van der Waals surface area contributed by atoms with Crippen LogP contribution in [-0.4, -0.2) is 15.9 Å². The molecule has 0 aliphatic heterocycles. The van der Waals surface area contributed by atoms with Gasteiger partial charge in [0.15, 0.2) is 0 Å². The predicted molar refractivity (Wildman–Crippen MR) is 82.0 cm³/mol. The highest BCUT2D eigenvalue weighted by molar-refractivity contribution is 5.61. The van der Waals surface area contributed by atoms with Crippen molar-refractivity contribution >= 4 is 0 Å². The van der Waals surface area contributed by atoms with Crippen molar-refractivity contribution in [2.24, 2.45) is 0 Å². The van der Waals surface area contributed by atoms with Crippen LogP contribution in [-0.2, 0) is 0 Å². The molecule has 3 aromatic rings. The predicted octanol–water partition coefficient (Wildman–Crippen LogP) is 3.80. The number of rotatable bonds is 3. The minimum absolute atomic E-state index is 0.299. The molecule has 0 saturated carbocycles. The Balaban J connectivity index is 1.96. The molecule has 0 fully saturated rings. The Morgan fingerprint density at radius 1 is 0.958 bits per heavy atom. The maximum Gasteiger partial charge on any atom is 0.573 e. The minimum atomic E-state index is -4.75. The fraction of sp³-hybridized carbons (Fsp3) is 0.0588. The molecule has 4 nitrogen and oxygen atoms in total. The van der Waals surface area contributed by atoms with Gasteiger partial charge in [-0.15, -0.1) is 13.2 Å². The van der Waals surface area contributed by atoms with E-state index in [2.05, 4.69) is 9.72 Å². The Labute approximate surface area is 134 Å². The maximum atomic E-state index is 12.2. The van der Waals surface area contributed by atoms with Gasteiger partial charge in [-0.05, 0) is 36.4 Å². The standard InChI is InChI=1S/C17H11F3N2O2/c18-17(19,20)24-15-6-4-14(5-7-15)22-11-13(3-8-16(22)23)12-2-1-9-21-10-12/h1-11H. The van der Waals surface area contributed by atoms with E-state index < -0.39 is 6.36 Å². The van der Waals surface area contributed by atoms with Gasteiger partial charge in [0.2, 0.25) is 0 Å². The van der Waals surface area contributed by atoms with Gasteiger partial charge >= 0.3 is 6.36 Å². The summed E-state index contributed by atoms with van der Waals surface area (Å²) in [5.74, 6) is -0.345. The molecule has 2 heterocycles. The van der Waals surface area contributed by atoms with Gasteiger partial charge < -0.3 is 4.74 Å². The lowest BCUT2D eigenvalue weighted by atomic mass is 10.1. The van der Waals surface area contributed by atoms with Crippen molar-refractivity contribution in [1.82, 2.24) is 9.55 Å². The molecule has 1 aromatic carbocycles. The molecule has 24 heavy (non-hydrogen) atoms. The third kappa shape index (κ3) is 3.62. The van der Waals surface area contributed by atoms with Gasteiger partial charge in [-0.1, -0.05) is 6.07 Å². The lowest BCUT2D eigenvalue weighted by Crippen LogP contribution is -2.18. The van der Waals surface area contributed by atoms with Crippen molar-refractivity contribution in [1.29, 1.82) is 0 Å². The van der Waals surface area contributed by atoms with Gasteiger partial charge in [-0.25, -0.2) is 0 Å². The average molecular weight is 332 g/mol. The Morgan fingerprint density at radius 3 is 2.33 bits per heavy atom. The SMILES string of the molecule is O=c1ccc(-c2cccnc2)cn1-c1ccc(OC(F)(F)F)cc1. The number of halogens is 3. The van der Waals surface area contributed by atoms with Gasteiger partial charge in [0.1, 0.15) is 5.75 Å². The van der Waals surface area contributed by atoms with Crippen molar-refractivity contribution in [3.05, 3.63) is 77.5 Å². The van der Waals surface area contributed by atoms with Crippen LogP contribution < -0.4 is 10.3 Å². The van der Waals surface area contributed by atoms with E-state index in [0.29, 0.717) is 5.69 Å². The Bertz CT molecular complexity index is 888. The molecule has 122 valence electrons. The Kier molecular flexibility index (Phi) is 4.07. The van der Waals surface area contributed by atoms with Crippen molar-refractivity contribution < 1.29 is 17.9 Å². The molecule has 0 aliphatic carbocycles. The molecule has 0 radical (unpaired) electrons. The number of ether oxygens (including phenoxy) is 1. The Morgan fingerprint density at radius 2 is 1.71 bits per heavy atom. The second kappa shape index (κ2) is 6.19. The molecule has 0 bridgehead atoms.